The zero-order valence-corrected chi connectivity index (χ0v) is 9.44. The monoisotopic (exact) mass is 216 g/mol. The summed E-state index contributed by atoms with van der Waals surface area (Å²) in [5.74, 6) is 0. The van der Waals surface area contributed by atoms with Crippen molar-refractivity contribution in [2.24, 2.45) is 0 Å². The number of pyridine rings is 1. The standard InChI is InChI=1S/C12H12N2O2/c1-7-4-12-11(9(3)8(7)2)5-10(6-13-12)14(15)16/h4-6H,1-3H3. The average Bonchev–Trinajstić information content (AvgIpc) is 2.25. The Bertz CT molecular complexity index is 591. The molecule has 0 aliphatic rings. The molecule has 0 saturated carbocycles. The summed E-state index contributed by atoms with van der Waals surface area (Å²) in [4.78, 5) is 14.4. The Morgan fingerprint density at radius 1 is 1.19 bits per heavy atom. The van der Waals surface area contributed by atoms with E-state index < -0.39 is 4.92 Å². The average molecular weight is 216 g/mol. The topological polar surface area (TPSA) is 56.0 Å². The fourth-order valence-corrected chi connectivity index (χ4v) is 1.79. The second-order valence-electron chi connectivity index (χ2n) is 3.96. The maximum atomic E-state index is 10.7. The smallest absolute Gasteiger partial charge is 0.258 e. The highest BCUT2D eigenvalue weighted by atomic mass is 16.6. The molecule has 0 amide bonds. The van der Waals surface area contributed by atoms with Gasteiger partial charge in [-0.2, -0.15) is 0 Å². The van der Waals surface area contributed by atoms with E-state index in [9.17, 15) is 10.1 Å². The summed E-state index contributed by atoms with van der Waals surface area (Å²) >= 11 is 0. The summed E-state index contributed by atoms with van der Waals surface area (Å²) in [6.07, 6.45) is 1.30. The van der Waals surface area contributed by atoms with Gasteiger partial charge in [0.1, 0.15) is 6.20 Å². The number of hydrogen-bond donors (Lipinski definition) is 0. The van der Waals surface area contributed by atoms with Crippen LogP contribution in [0.25, 0.3) is 10.9 Å². The Hall–Kier alpha value is -1.97. The first kappa shape index (κ1) is 10.5. The van der Waals surface area contributed by atoms with Crippen LogP contribution in [0.15, 0.2) is 18.3 Å². The highest BCUT2D eigenvalue weighted by Gasteiger charge is 2.10. The lowest BCUT2D eigenvalue weighted by molar-refractivity contribution is -0.385. The Morgan fingerprint density at radius 3 is 2.50 bits per heavy atom. The highest BCUT2D eigenvalue weighted by molar-refractivity contribution is 5.85. The molecule has 0 atom stereocenters. The Labute approximate surface area is 93.1 Å². The van der Waals surface area contributed by atoms with Crippen molar-refractivity contribution in [3.05, 3.63) is 45.1 Å². The van der Waals surface area contributed by atoms with Gasteiger partial charge in [-0.05, 0) is 43.5 Å². The van der Waals surface area contributed by atoms with E-state index in [4.69, 9.17) is 0 Å². The maximum Gasteiger partial charge on any atom is 0.288 e. The molecule has 1 aromatic heterocycles. The molecule has 0 unspecified atom stereocenters. The summed E-state index contributed by atoms with van der Waals surface area (Å²) in [6, 6.07) is 3.55. The second-order valence-corrected chi connectivity index (χ2v) is 3.96. The van der Waals surface area contributed by atoms with Crippen LogP contribution < -0.4 is 0 Å². The van der Waals surface area contributed by atoms with E-state index in [1.54, 1.807) is 6.07 Å². The van der Waals surface area contributed by atoms with E-state index in [-0.39, 0.29) is 5.69 Å². The van der Waals surface area contributed by atoms with Gasteiger partial charge in [-0.1, -0.05) is 0 Å². The van der Waals surface area contributed by atoms with Crippen LogP contribution in [-0.2, 0) is 0 Å². The number of nitrogens with zero attached hydrogens (tertiary/aromatic N) is 2. The largest absolute Gasteiger partial charge is 0.288 e. The van der Waals surface area contributed by atoms with Crippen molar-refractivity contribution in [3.63, 3.8) is 0 Å². The first-order valence-electron chi connectivity index (χ1n) is 5.01. The van der Waals surface area contributed by atoms with Gasteiger partial charge in [0.15, 0.2) is 0 Å². The first-order chi connectivity index (χ1) is 7.50. The molecule has 0 spiro atoms. The predicted octanol–water partition coefficient (Wildman–Crippen LogP) is 3.07. The quantitative estimate of drug-likeness (QED) is 0.543. The Morgan fingerprint density at radius 2 is 1.88 bits per heavy atom. The number of hydrogen-bond acceptors (Lipinski definition) is 3. The first-order valence-corrected chi connectivity index (χ1v) is 5.01. The van der Waals surface area contributed by atoms with Crippen LogP contribution in [0.5, 0.6) is 0 Å². The summed E-state index contributed by atoms with van der Waals surface area (Å²) in [7, 11) is 0. The van der Waals surface area contributed by atoms with E-state index in [1.807, 2.05) is 26.8 Å². The zero-order valence-electron chi connectivity index (χ0n) is 9.44. The molecule has 0 bridgehead atoms. The van der Waals surface area contributed by atoms with Gasteiger partial charge in [0.05, 0.1) is 10.4 Å². The number of aryl methyl sites for hydroxylation is 2. The number of rotatable bonds is 1. The number of fused-ring (bicyclic) bond motifs is 1. The minimum absolute atomic E-state index is 0.0406. The number of benzene rings is 1. The van der Waals surface area contributed by atoms with Gasteiger partial charge in [-0.15, -0.1) is 0 Å². The third-order valence-electron chi connectivity index (χ3n) is 3.03. The predicted molar refractivity (Wildman–Crippen MR) is 62.6 cm³/mol. The molecule has 0 radical (unpaired) electrons. The van der Waals surface area contributed by atoms with E-state index in [1.165, 1.54) is 6.20 Å². The van der Waals surface area contributed by atoms with E-state index in [2.05, 4.69) is 4.98 Å². The molecule has 0 N–H and O–H groups in total. The summed E-state index contributed by atoms with van der Waals surface area (Å²) < 4.78 is 0. The van der Waals surface area contributed by atoms with Gasteiger partial charge >= 0.3 is 0 Å². The van der Waals surface area contributed by atoms with Crippen molar-refractivity contribution in [3.8, 4) is 0 Å². The van der Waals surface area contributed by atoms with Gasteiger partial charge in [0, 0.05) is 11.5 Å². The van der Waals surface area contributed by atoms with Crippen molar-refractivity contribution in [1.29, 1.82) is 0 Å². The van der Waals surface area contributed by atoms with Crippen LogP contribution in [0.1, 0.15) is 16.7 Å². The zero-order chi connectivity index (χ0) is 11.9. The molecular weight excluding hydrogens is 204 g/mol. The molecular formula is C12H12N2O2. The third kappa shape index (κ3) is 1.52. The summed E-state index contributed by atoms with van der Waals surface area (Å²) in [6.45, 7) is 6.00. The van der Waals surface area contributed by atoms with Gasteiger partial charge in [-0.3, -0.25) is 10.1 Å². The van der Waals surface area contributed by atoms with Gasteiger partial charge < -0.3 is 0 Å². The van der Waals surface area contributed by atoms with Gasteiger partial charge in [0.25, 0.3) is 5.69 Å². The van der Waals surface area contributed by atoms with Crippen LogP contribution in [-0.4, -0.2) is 9.91 Å². The maximum absolute atomic E-state index is 10.7. The summed E-state index contributed by atoms with van der Waals surface area (Å²) in [5.41, 5.74) is 4.23. The van der Waals surface area contributed by atoms with Crippen LogP contribution in [0.4, 0.5) is 5.69 Å². The minimum atomic E-state index is -0.416. The number of nitro groups is 1. The molecule has 4 heteroatoms. The molecule has 2 aromatic rings. The summed E-state index contributed by atoms with van der Waals surface area (Å²) in [5, 5.41) is 11.5. The SMILES string of the molecule is Cc1cc2ncc([N+](=O)[O-])cc2c(C)c1C. The van der Waals surface area contributed by atoms with Crippen LogP contribution >= 0.6 is 0 Å². The molecule has 0 aliphatic carbocycles. The Kier molecular flexibility index (Phi) is 2.34. The third-order valence-corrected chi connectivity index (χ3v) is 3.03. The molecule has 0 aliphatic heterocycles. The number of aromatic nitrogens is 1. The van der Waals surface area contributed by atoms with Crippen LogP contribution in [0.2, 0.25) is 0 Å². The lowest BCUT2D eigenvalue weighted by atomic mass is 9.99. The highest BCUT2D eigenvalue weighted by Crippen LogP contribution is 2.26. The normalized spacial score (nSPS) is 10.7. The molecule has 16 heavy (non-hydrogen) atoms. The van der Waals surface area contributed by atoms with E-state index in [0.29, 0.717) is 0 Å². The minimum Gasteiger partial charge on any atom is -0.258 e. The lowest BCUT2D eigenvalue weighted by Crippen LogP contribution is -1.94. The molecule has 1 aromatic carbocycles. The van der Waals surface area contributed by atoms with Crippen molar-refractivity contribution in [2.45, 2.75) is 20.8 Å². The van der Waals surface area contributed by atoms with E-state index >= 15 is 0 Å². The van der Waals surface area contributed by atoms with E-state index in [0.717, 1.165) is 27.6 Å². The molecule has 82 valence electrons. The Balaban J connectivity index is 2.82. The lowest BCUT2D eigenvalue weighted by Gasteiger charge is -2.08. The van der Waals surface area contributed by atoms with Gasteiger partial charge in [-0.25, -0.2) is 4.98 Å². The van der Waals surface area contributed by atoms with Crippen molar-refractivity contribution in [2.75, 3.05) is 0 Å². The van der Waals surface area contributed by atoms with Crippen molar-refractivity contribution < 1.29 is 4.92 Å². The van der Waals surface area contributed by atoms with Gasteiger partial charge in [0.2, 0.25) is 0 Å². The molecule has 0 fully saturated rings. The fraction of sp³-hybridized carbons (Fsp3) is 0.250. The van der Waals surface area contributed by atoms with Crippen molar-refractivity contribution in [1.82, 2.24) is 4.98 Å². The molecule has 2 rings (SSSR count). The molecule has 4 nitrogen and oxygen atoms in total. The van der Waals surface area contributed by atoms with Crippen LogP contribution in [0, 0.1) is 30.9 Å². The second kappa shape index (κ2) is 3.56. The van der Waals surface area contributed by atoms with Crippen LogP contribution in [0.3, 0.4) is 0 Å². The molecule has 0 saturated heterocycles. The van der Waals surface area contributed by atoms with Crippen molar-refractivity contribution >= 4 is 16.6 Å². The molecule has 1 heterocycles. The fourth-order valence-electron chi connectivity index (χ4n) is 1.79.